The molecule has 0 amide bonds. The zero-order valence-electron chi connectivity index (χ0n) is 11.3. The summed E-state index contributed by atoms with van der Waals surface area (Å²) in [7, 11) is 0. The minimum atomic E-state index is -0.616. The number of ether oxygens (including phenoxy) is 5. The van der Waals surface area contributed by atoms with Crippen LogP contribution in [0, 0.1) is 0 Å². The van der Waals surface area contributed by atoms with Crippen molar-refractivity contribution in [2.45, 2.75) is 63.9 Å². The fourth-order valence-electron chi connectivity index (χ4n) is 2.67. The summed E-state index contributed by atoms with van der Waals surface area (Å²) in [4.78, 5) is 0. The van der Waals surface area contributed by atoms with Crippen LogP contribution in [0.4, 0.5) is 0 Å². The summed E-state index contributed by atoms with van der Waals surface area (Å²) in [6, 6.07) is 0. The summed E-state index contributed by atoms with van der Waals surface area (Å²) in [5.41, 5.74) is 0.872. The van der Waals surface area contributed by atoms with Crippen molar-refractivity contribution in [3.05, 3.63) is 12.2 Å². The molecule has 0 bridgehead atoms. The zero-order valence-corrected chi connectivity index (χ0v) is 11.3. The molecular weight excluding hydrogens is 236 g/mol. The Bertz CT molecular complexity index is 376. The fourth-order valence-corrected chi connectivity index (χ4v) is 2.67. The van der Waals surface area contributed by atoms with E-state index in [1.165, 1.54) is 0 Å². The summed E-state index contributed by atoms with van der Waals surface area (Å²) in [6.45, 7) is 12.1. The van der Waals surface area contributed by atoms with Crippen LogP contribution in [-0.2, 0) is 23.7 Å². The Balaban J connectivity index is 1.70. The van der Waals surface area contributed by atoms with Crippen LogP contribution in [-0.4, -0.2) is 42.8 Å². The molecule has 18 heavy (non-hydrogen) atoms. The van der Waals surface area contributed by atoms with E-state index < -0.39 is 11.6 Å². The molecule has 1 unspecified atom stereocenters. The van der Waals surface area contributed by atoms with Crippen LogP contribution in [0.2, 0.25) is 0 Å². The molecule has 3 fully saturated rings. The normalized spacial score (nSPS) is 45.4. The highest BCUT2D eigenvalue weighted by atomic mass is 16.8. The van der Waals surface area contributed by atoms with Gasteiger partial charge in [0.2, 0.25) is 0 Å². The van der Waals surface area contributed by atoms with Crippen LogP contribution in [0.5, 0.6) is 0 Å². The Labute approximate surface area is 107 Å². The van der Waals surface area contributed by atoms with Crippen molar-refractivity contribution >= 4 is 0 Å². The molecule has 0 N–H and O–H groups in total. The number of hydrogen-bond acceptors (Lipinski definition) is 5. The second-order valence-corrected chi connectivity index (χ2v) is 5.92. The Hall–Kier alpha value is -0.460. The van der Waals surface area contributed by atoms with Gasteiger partial charge < -0.3 is 23.7 Å². The second-order valence-electron chi connectivity index (χ2n) is 5.92. The van der Waals surface area contributed by atoms with Gasteiger partial charge in [-0.15, -0.1) is 0 Å². The summed E-state index contributed by atoms with van der Waals surface area (Å²) in [5, 5.41) is 0. The van der Waals surface area contributed by atoms with Gasteiger partial charge in [-0.05, 0) is 33.3 Å². The fraction of sp³-hybridized carbons (Fsp3) is 0.846. The Kier molecular flexibility index (Phi) is 2.63. The third kappa shape index (κ3) is 2.00. The zero-order chi connectivity index (χ0) is 13.1. The van der Waals surface area contributed by atoms with Gasteiger partial charge in [0.25, 0.3) is 0 Å². The molecule has 5 heteroatoms. The van der Waals surface area contributed by atoms with E-state index in [4.69, 9.17) is 23.7 Å². The molecule has 3 aliphatic heterocycles. The van der Waals surface area contributed by atoms with Crippen molar-refractivity contribution < 1.29 is 23.7 Å². The maximum absolute atomic E-state index is 5.86. The van der Waals surface area contributed by atoms with Crippen molar-refractivity contribution in [2.75, 3.05) is 6.61 Å². The number of hydrogen-bond donors (Lipinski definition) is 0. The molecular formula is C13H20O5. The first-order valence-electron chi connectivity index (χ1n) is 6.29. The van der Waals surface area contributed by atoms with Crippen LogP contribution in [0.3, 0.4) is 0 Å². The molecule has 3 saturated heterocycles. The smallest absolute Gasteiger partial charge is 0.191 e. The summed E-state index contributed by atoms with van der Waals surface area (Å²) >= 11 is 0. The van der Waals surface area contributed by atoms with E-state index in [0.717, 1.165) is 5.57 Å². The molecule has 4 atom stereocenters. The first kappa shape index (κ1) is 12.6. The van der Waals surface area contributed by atoms with Crippen LogP contribution in [0.25, 0.3) is 0 Å². The molecule has 0 aliphatic carbocycles. The average molecular weight is 256 g/mol. The third-order valence-corrected chi connectivity index (χ3v) is 3.44. The van der Waals surface area contributed by atoms with Gasteiger partial charge in [0, 0.05) is 0 Å². The van der Waals surface area contributed by atoms with Gasteiger partial charge in [-0.25, -0.2) is 0 Å². The Morgan fingerprint density at radius 1 is 1.00 bits per heavy atom. The van der Waals surface area contributed by atoms with Crippen molar-refractivity contribution in [3.8, 4) is 0 Å². The van der Waals surface area contributed by atoms with Crippen molar-refractivity contribution in [2.24, 2.45) is 0 Å². The monoisotopic (exact) mass is 256 g/mol. The molecule has 0 saturated carbocycles. The lowest BCUT2D eigenvalue weighted by Crippen LogP contribution is -2.34. The first-order valence-corrected chi connectivity index (χ1v) is 6.29. The molecule has 3 heterocycles. The Morgan fingerprint density at radius 3 is 2.28 bits per heavy atom. The molecule has 5 nitrogen and oxygen atoms in total. The van der Waals surface area contributed by atoms with Crippen molar-refractivity contribution in [1.29, 1.82) is 0 Å². The van der Waals surface area contributed by atoms with Crippen LogP contribution in [0.1, 0.15) is 27.7 Å². The van der Waals surface area contributed by atoms with Gasteiger partial charge >= 0.3 is 0 Å². The first-order chi connectivity index (χ1) is 8.27. The topological polar surface area (TPSA) is 46.2 Å². The summed E-state index contributed by atoms with van der Waals surface area (Å²) < 4.78 is 28.7. The lowest BCUT2D eigenvalue weighted by molar-refractivity contribution is -0.215. The highest BCUT2D eigenvalue weighted by molar-refractivity contribution is 5.20. The molecule has 0 radical (unpaired) electrons. The van der Waals surface area contributed by atoms with E-state index in [1.54, 1.807) is 0 Å². The molecule has 0 aromatic carbocycles. The van der Waals surface area contributed by atoms with Gasteiger partial charge in [0.1, 0.15) is 18.3 Å². The van der Waals surface area contributed by atoms with Gasteiger partial charge in [0.15, 0.2) is 17.9 Å². The molecule has 3 rings (SSSR count). The van der Waals surface area contributed by atoms with E-state index in [0.29, 0.717) is 6.61 Å². The molecule has 102 valence electrons. The van der Waals surface area contributed by atoms with Crippen molar-refractivity contribution in [1.82, 2.24) is 0 Å². The highest BCUT2D eigenvalue weighted by Gasteiger charge is 2.54. The SMILES string of the molecule is C=C1[C@H](C2COC(C)(C)O2)O[C@@H]2OC(C)(C)O[C@H]12. The van der Waals surface area contributed by atoms with Gasteiger partial charge in [0.05, 0.1) is 6.61 Å². The predicted molar refractivity (Wildman–Crippen MR) is 62.7 cm³/mol. The van der Waals surface area contributed by atoms with E-state index in [2.05, 4.69) is 6.58 Å². The molecule has 0 aromatic heterocycles. The largest absolute Gasteiger partial charge is 0.348 e. The minimum absolute atomic E-state index is 0.145. The summed E-state index contributed by atoms with van der Waals surface area (Å²) in [6.07, 6.45) is -0.964. The summed E-state index contributed by atoms with van der Waals surface area (Å²) in [5.74, 6) is -1.18. The minimum Gasteiger partial charge on any atom is -0.348 e. The van der Waals surface area contributed by atoms with Crippen LogP contribution < -0.4 is 0 Å². The molecule has 0 spiro atoms. The third-order valence-electron chi connectivity index (χ3n) is 3.44. The second kappa shape index (κ2) is 3.77. The van der Waals surface area contributed by atoms with E-state index in [1.807, 2.05) is 27.7 Å². The van der Waals surface area contributed by atoms with E-state index >= 15 is 0 Å². The number of fused-ring (bicyclic) bond motifs is 1. The van der Waals surface area contributed by atoms with Gasteiger partial charge in [-0.1, -0.05) is 6.58 Å². The number of rotatable bonds is 1. The average Bonchev–Trinajstić information content (AvgIpc) is 2.81. The predicted octanol–water partition coefficient (Wildman–Crippen LogP) is 1.57. The lowest BCUT2D eigenvalue weighted by Gasteiger charge is -2.24. The Morgan fingerprint density at radius 2 is 1.72 bits per heavy atom. The maximum Gasteiger partial charge on any atom is 0.191 e. The molecule has 3 aliphatic rings. The standard InChI is InChI=1S/C13H20O5/c1-7-9(8-6-14-12(2,3)16-8)15-11-10(7)17-13(4,5)18-11/h8-11H,1,6H2,2-5H3/t8?,9-,10-,11-/m1/s1. The lowest BCUT2D eigenvalue weighted by atomic mass is 10.0. The highest BCUT2D eigenvalue weighted by Crippen LogP contribution is 2.42. The van der Waals surface area contributed by atoms with E-state index in [9.17, 15) is 0 Å². The van der Waals surface area contributed by atoms with Gasteiger partial charge in [-0.2, -0.15) is 0 Å². The van der Waals surface area contributed by atoms with Crippen LogP contribution in [0.15, 0.2) is 12.2 Å². The van der Waals surface area contributed by atoms with E-state index in [-0.39, 0.29) is 24.6 Å². The quantitative estimate of drug-likeness (QED) is 0.666. The molecule has 0 aromatic rings. The van der Waals surface area contributed by atoms with Crippen LogP contribution >= 0.6 is 0 Å². The van der Waals surface area contributed by atoms with Gasteiger partial charge in [-0.3, -0.25) is 0 Å². The van der Waals surface area contributed by atoms with Crippen molar-refractivity contribution in [3.63, 3.8) is 0 Å². The maximum atomic E-state index is 5.86.